The zero-order valence-corrected chi connectivity index (χ0v) is 15.3. The summed E-state index contributed by atoms with van der Waals surface area (Å²) in [5.74, 6) is 0.553. The lowest BCUT2D eigenvalue weighted by Gasteiger charge is -2.48. The highest BCUT2D eigenvalue weighted by Crippen LogP contribution is 2.32. The number of nitrogens with one attached hydrogen (secondary N) is 1. The molecule has 3 aliphatic rings. The highest BCUT2D eigenvalue weighted by molar-refractivity contribution is 5.98. The van der Waals surface area contributed by atoms with Gasteiger partial charge in [0.1, 0.15) is 0 Å². The highest BCUT2D eigenvalue weighted by Gasteiger charge is 2.40. The zero-order valence-electron chi connectivity index (χ0n) is 15.3. The van der Waals surface area contributed by atoms with Gasteiger partial charge in [-0.05, 0) is 56.1 Å². The van der Waals surface area contributed by atoms with Crippen LogP contribution in [0, 0.1) is 5.92 Å². The average Bonchev–Trinajstić information content (AvgIpc) is 3.14. The Labute approximate surface area is 159 Å². The molecule has 138 valence electrons. The van der Waals surface area contributed by atoms with Crippen molar-refractivity contribution in [2.45, 2.75) is 18.9 Å². The number of urea groups is 1. The Kier molecular flexibility index (Phi) is 4.09. The number of nitrogens with zero attached hydrogens (tertiary/aromatic N) is 3. The van der Waals surface area contributed by atoms with E-state index in [0.717, 1.165) is 36.2 Å². The number of amides is 2. The van der Waals surface area contributed by atoms with Gasteiger partial charge in [-0.15, -0.1) is 0 Å². The van der Waals surface area contributed by atoms with Crippen molar-refractivity contribution in [2.75, 3.05) is 30.0 Å². The molecule has 3 aromatic rings. The molecular formula is C22H24N4O. The van der Waals surface area contributed by atoms with E-state index in [1.807, 2.05) is 58.3 Å². The lowest BCUT2D eigenvalue weighted by molar-refractivity contribution is 0.0800. The van der Waals surface area contributed by atoms with E-state index < -0.39 is 0 Å². The van der Waals surface area contributed by atoms with Crippen molar-refractivity contribution in [1.29, 1.82) is 0 Å². The standard InChI is InChI=1S/C22H24N4O/c27-22(23-19-7-2-1-3-8-19)26(21-16-24-13-10-18(21)11-14-24)25-15-12-17-6-4-5-9-20(17)25/h1-9,12,15,18,21H,10-11,13-14,16H2,(H,23,27). The molecule has 6 rings (SSSR count). The molecule has 0 saturated carbocycles. The normalized spacial score (nSPS) is 24.1. The first-order chi connectivity index (χ1) is 13.3. The van der Waals surface area contributed by atoms with Gasteiger partial charge in [0, 0.05) is 23.8 Å². The summed E-state index contributed by atoms with van der Waals surface area (Å²) in [5.41, 5.74) is 1.89. The Hall–Kier alpha value is -2.79. The Morgan fingerprint density at radius 1 is 0.963 bits per heavy atom. The molecule has 0 radical (unpaired) electrons. The summed E-state index contributed by atoms with van der Waals surface area (Å²) >= 11 is 0. The van der Waals surface area contributed by atoms with Gasteiger partial charge in [0.25, 0.3) is 0 Å². The molecule has 0 spiro atoms. The van der Waals surface area contributed by atoms with Crippen molar-refractivity contribution in [2.24, 2.45) is 5.92 Å². The predicted molar refractivity (Wildman–Crippen MR) is 109 cm³/mol. The Bertz CT molecular complexity index is 943. The van der Waals surface area contributed by atoms with Crippen LogP contribution in [0.2, 0.25) is 0 Å². The van der Waals surface area contributed by atoms with Crippen LogP contribution in [0.5, 0.6) is 0 Å². The molecule has 1 unspecified atom stereocenters. The molecule has 3 fully saturated rings. The van der Waals surface area contributed by atoms with Crippen molar-refractivity contribution >= 4 is 22.6 Å². The third-order valence-corrected chi connectivity index (χ3v) is 5.98. The number of hydrogen-bond acceptors (Lipinski definition) is 2. The topological polar surface area (TPSA) is 40.5 Å². The lowest BCUT2D eigenvalue weighted by atomic mass is 9.84. The molecule has 1 N–H and O–H groups in total. The number of para-hydroxylation sites is 2. The van der Waals surface area contributed by atoms with Crippen molar-refractivity contribution in [3.8, 4) is 0 Å². The Morgan fingerprint density at radius 3 is 2.44 bits per heavy atom. The number of rotatable bonds is 3. The van der Waals surface area contributed by atoms with Gasteiger partial charge >= 0.3 is 6.03 Å². The Balaban J connectivity index is 1.54. The third-order valence-electron chi connectivity index (χ3n) is 5.98. The molecule has 3 saturated heterocycles. The van der Waals surface area contributed by atoms with Crippen LogP contribution < -0.4 is 10.3 Å². The number of benzene rings is 2. The van der Waals surface area contributed by atoms with E-state index >= 15 is 0 Å². The van der Waals surface area contributed by atoms with Crippen LogP contribution in [0.1, 0.15) is 12.8 Å². The first-order valence-corrected chi connectivity index (χ1v) is 9.73. The van der Waals surface area contributed by atoms with Gasteiger partial charge in [0.15, 0.2) is 0 Å². The number of piperidine rings is 3. The second-order valence-corrected chi connectivity index (χ2v) is 7.57. The molecule has 4 heterocycles. The van der Waals surface area contributed by atoms with Gasteiger partial charge in [0.2, 0.25) is 0 Å². The van der Waals surface area contributed by atoms with Crippen LogP contribution in [-0.2, 0) is 0 Å². The molecule has 5 heteroatoms. The number of hydrogen-bond donors (Lipinski definition) is 1. The summed E-state index contributed by atoms with van der Waals surface area (Å²) in [7, 11) is 0. The van der Waals surface area contributed by atoms with E-state index in [0.29, 0.717) is 5.92 Å². The summed E-state index contributed by atoms with van der Waals surface area (Å²) in [4.78, 5) is 15.9. The fourth-order valence-electron chi connectivity index (χ4n) is 4.58. The minimum Gasteiger partial charge on any atom is -0.306 e. The second kappa shape index (κ2) is 6.74. The molecule has 1 atom stereocenters. The zero-order chi connectivity index (χ0) is 18.2. The van der Waals surface area contributed by atoms with E-state index in [1.165, 1.54) is 12.8 Å². The molecule has 2 aromatic carbocycles. The SMILES string of the molecule is O=C(Nc1ccccc1)N(C1CN2CCC1CC2)n1ccc2ccccc21. The van der Waals surface area contributed by atoms with Gasteiger partial charge in [-0.25, -0.2) is 9.80 Å². The summed E-state index contributed by atoms with van der Waals surface area (Å²) in [6.07, 6.45) is 4.35. The van der Waals surface area contributed by atoms with Crippen LogP contribution in [0.4, 0.5) is 10.5 Å². The number of fused-ring (bicyclic) bond motifs is 4. The van der Waals surface area contributed by atoms with E-state index in [4.69, 9.17) is 0 Å². The minimum atomic E-state index is -0.0682. The van der Waals surface area contributed by atoms with E-state index in [-0.39, 0.29) is 12.1 Å². The largest absolute Gasteiger partial charge is 0.341 e. The van der Waals surface area contributed by atoms with Crippen molar-refractivity contribution < 1.29 is 4.79 Å². The van der Waals surface area contributed by atoms with Gasteiger partial charge in [0.05, 0.1) is 11.6 Å². The van der Waals surface area contributed by atoms with Crippen molar-refractivity contribution in [1.82, 2.24) is 9.58 Å². The molecular weight excluding hydrogens is 336 g/mol. The van der Waals surface area contributed by atoms with Crippen LogP contribution in [-0.4, -0.2) is 41.3 Å². The fourth-order valence-corrected chi connectivity index (χ4v) is 4.58. The fraction of sp³-hybridized carbons (Fsp3) is 0.318. The van der Waals surface area contributed by atoms with Crippen LogP contribution >= 0.6 is 0 Å². The molecule has 1 aromatic heterocycles. The molecule has 3 aliphatic heterocycles. The van der Waals surface area contributed by atoms with Gasteiger partial charge in [-0.2, -0.15) is 0 Å². The van der Waals surface area contributed by atoms with Crippen molar-refractivity contribution in [3.63, 3.8) is 0 Å². The lowest BCUT2D eigenvalue weighted by Crippen LogP contribution is -2.62. The van der Waals surface area contributed by atoms with Crippen LogP contribution in [0.25, 0.3) is 10.9 Å². The minimum absolute atomic E-state index is 0.0682. The molecule has 27 heavy (non-hydrogen) atoms. The third kappa shape index (κ3) is 2.98. The number of aromatic nitrogens is 1. The van der Waals surface area contributed by atoms with Gasteiger partial charge < -0.3 is 10.2 Å². The maximum Gasteiger partial charge on any atom is 0.341 e. The molecule has 0 aliphatic carbocycles. The maximum absolute atomic E-state index is 13.4. The average molecular weight is 360 g/mol. The number of carbonyl (C=O) groups is 1. The first kappa shape index (κ1) is 16.4. The number of anilines is 1. The number of carbonyl (C=O) groups excluding carboxylic acids is 1. The summed E-state index contributed by atoms with van der Waals surface area (Å²) < 4.78 is 2.04. The van der Waals surface area contributed by atoms with Crippen LogP contribution in [0.3, 0.4) is 0 Å². The quantitative estimate of drug-likeness (QED) is 0.769. The Morgan fingerprint density at radius 2 is 1.70 bits per heavy atom. The van der Waals surface area contributed by atoms with E-state index in [1.54, 1.807) is 0 Å². The van der Waals surface area contributed by atoms with E-state index in [2.05, 4.69) is 28.4 Å². The summed E-state index contributed by atoms with van der Waals surface area (Å²) in [6.45, 7) is 3.25. The summed E-state index contributed by atoms with van der Waals surface area (Å²) in [6, 6.07) is 20.2. The maximum atomic E-state index is 13.4. The van der Waals surface area contributed by atoms with Gasteiger partial charge in [-0.1, -0.05) is 36.4 Å². The van der Waals surface area contributed by atoms with Crippen molar-refractivity contribution in [3.05, 3.63) is 66.9 Å². The smallest absolute Gasteiger partial charge is 0.306 e. The highest BCUT2D eigenvalue weighted by atomic mass is 16.2. The van der Waals surface area contributed by atoms with Crippen LogP contribution in [0.15, 0.2) is 66.9 Å². The summed E-state index contributed by atoms with van der Waals surface area (Å²) in [5, 5.41) is 6.20. The van der Waals surface area contributed by atoms with E-state index in [9.17, 15) is 4.79 Å². The monoisotopic (exact) mass is 360 g/mol. The molecule has 2 amide bonds. The second-order valence-electron chi connectivity index (χ2n) is 7.57. The predicted octanol–water partition coefficient (Wildman–Crippen LogP) is 3.91. The van der Waals surface area contributed by atoms with Gasteiger partial charge in [-0.3, -0.25) is 4.68 Å². The first-order valence-electron chi connectivity index (χ1n) is 9.73. The molecule has 2 bridgehead atoms. The molecule has 5 nitrogen and oxygen atoms in total.